The Morgan fingerprint density at radius 1 is 0.969 bits per heavy atom. The summed E-state index contributed by atoms with van der Waals surface area (Å²) in [6.07, 6.45) is 0. The van der Waals surface area contributed by atoms with E-state index in [9.17, 15) is 4.79 Å². The van der Waals surface area contributed by atoms with Gasteiger partial charge in [-0.1, -0.05) is 39.7 Å². The zero-order valence-corrected chi connectivity index (χ0v) is 20.3. The minimum absolute atomic E-state index is 0.323. The summed E-state index contributed by atoms with van der Waals surface area (Å²) in [4.78, 5) is 11.8. The van der Waals surface area contributed by atoms with Crippen LogP contribution in [0.3, 0.4) is 0 Å². The molecule has 0 unspecified atom stereocenters. The quantitative estimate of drug-likeness (QED) is 0.297. The van der Waals surface area contributed by atoms with Crippen molar-refractivity contribution in [3.8, 4) is 11.5 Å². The maximum atomic E-state index is 11.8. The predicted molar refractivity (Wildman–Crippen MR) is 131 cm³/mol. The fourth-order valence-corrected chi connectivity index (χ4v) is 3.69. The third kappa shape index (κ3) is 6.65. The summed E-state index contributed by atoms with van der Waals surface area (Å²) in [5.41, 5.74) is 3.41. The molecule has 1 N–H and O–H groups in total. The number of esters is 1. The van der Waals surface area contributed by atoms with Crippen LogP contribution in [0.1, 0.15) is 35.3 Å². The normalized spacial score (nSPS) is 10.5. The standard InChI is InChI=1S/C25H25BrClNO4/c1-3-30-23-13-19(15-28-21-10-8-18(9-11-21)25(29)31-4-2)22(26)14-24(23)32-16-17-6-5-7-20(27)12-17/h5-14,28H,3-4,15-16H2,1-2H3. The van der Waals surface area contributed by atoms with Gasteiger partial charge in [-0.3, -0.25) is 0 Å². The molecule has 0 aromatic heterocycles. The van der Waals surface area contributed by atoms with Crippen molar-refractivity contribution in [2.45, 2.75) is 27.0 Å². The molecule has 3 aromatic rings. The monoisotopic (exact) mass is 517 g/mol. The van der Waals surface area contributed by atoms with Crippen molar-refractivity contribution in [2.75, 3.05) is 18.5 Å². The van der Waals surface area contributed by atoms with Gasteiger partial charge in [-0.2, -0.15) is 0 Å². The molecular formula is C25H25BrClNO4. The maximum absolute atomic E-state index is 11.8. The molecule has 0 saturated carbocycles. The Labute approximate surface area is 201 Å². The van der Waals surface area contributed by atoms with Gasteiger partial charge in [0.15, 0.2) is 11.5 Å². The Balaban J connectivity index is 1.69. The van der Waals surface area contributed by atoms with Gasteiger partial charge in [-0.25, -0.2) is 4.79 Å². The minimum Gasteiger partial charge on any atom is -0.490 e. The zero-order valence-electron chi connectivity index (χ0n) is 18.0. The summed E-state index contributed by atoms with van der Waals surface area (Å²) in [5.74, 6) is 1.00. The van der Waals surface area contributed by atoms with Crippen molar-refractivity contribution < 1.29 is 19.0 Å². The van der Waals surface area contributed by atoms with Gasteiger partial charge in [0.05, 0.1) is 18.8 Å². The molecule has 0 spiro atoms. The molecule has 0 heterocycles. The van der Waals surface area contributed by atoms with Crippen molar-refractivity contribution in [3.63, 3.8) is 0 Å². The molecule has 7 heteroatoms. The van der Waals surface area contributed by atoms with Crippen molar-refractivity contribution in [2.24, 2.45) is 0 Å². The Morgan fingerprint density at radius 2 is 1.72 bits per heavy atom. The number of hydrogen-bond acceptors (Lipinski definition) is 5. The third-order valence-corrected chi connectivity index (χ3v) is 5.55. The number of carbonyl (C=O) groups excluding carboxylic acids is 1. The lowest BCUT2D eigenvalue weighted by molar-refractivity contribution is 0.0526. The second-order valence-corrected chi connectivity index (χ2v) is 8.18. The first kappa shape index (κ1) is 24.0. The molecule has 32 heavy (non-hydrogen) atoms. The van der Waals surface area contributed by atoms with E-state index in [1.807, 2.05) is 55.5 Å². The fraction of sp³-hybridized carbons (Fsp3) is 0.240. The number of benzene rings is 3. The zero-order chi connectivity index (χ0) is 22.9. The highest BCUT2D eigenvalue weighted by Gasteiger charge is 2.12. The lowest BCUT2D eigenvalue weighted by Crippen LogP contribution is -2.06. The van der Waals surface area contributed by atoms with Crippen LogP contribution in [0.25, 0.3) is 0 Å². The summed E-state index contributed by atoms with van der Waals surface area (Å²) in [6, 6.07) is 18.6. The number of carbonyl (C=O) groups is 1. The van der Waals surface area contributed by atoms with Crippen LogP contribution >= 0.6 is 27.5 Å². The topological polar surface area (TPSA) is 56.8 Å². The highest BCUT2D eigenvalue weighted by molar-refractivity contribution is 9.10. The second-order valence-electron chi connectivity index (χ2n) is 6.89. The smallest absolute Gasteiger partial charge is 0.338 e. The fourth-order valence-electron chi connectivity index (χ4n) is 3.02. The van der Waals surface area contributed by atoms with E-state index in [0.29, 0.717) is 48.5 Å². The molecule has 0 aliphatic carbocycles. The molecule has 0 aliphatic rings. The Kier molecular flexibility index (Phi) is 8.82. The lowest BCUT2D eigenvalue weighted by Gasteiger charge is -2.16. The molecule has 3 aromatic carbocycles. The van der Waals surface area contributed by atoms with E-state index in [1.165, 1.54) is 0 Å². The lowest BCUT2D eigenvalue weighted by atomic mass is 10.1. The Morgan fingerprint density at radius 3 is 2.41 bits per heavy atom. The first-order valence-corrected chi connectivity index (χ1v) is 11.5. The van der Waals surface area contributed by atoms with Crippen molar-refractivity contribution >= 4 is 39.2 Å². The number of anilines is 1. The van der Waals surface area contributed by atoms with Gasteiger partial charge in [0.1, 0.15) is 6.61 Å². The van der Waals surface area contributed by atoms with Gasteiger partial charge in [0, 0.05) is 21.7 Å². The van der Waals surface area contributed by atoms with Crippen LogP contribution in [0.4, 0.5) is 5.69 Å². The van der Waals surface area contributed by atoms with Gasteiger partial charge >= 0.3 is 5.97 Å². The van der Waals surface area contributed by atoms with Gasteiger partial charge < -0.3 is 19.5 Å². The van der Waals surface area contributed by atoms with Gasteiger partial charge in [-0.05, 0) is 73.5 Å². The van der Waals surface area contributed by atoms with E-state index in [4.69, 9.17) is 25.8 Å². The number of ether oxygens (including phenoxy) is 3. The van der Waals surface area contributed by atoms with Crippen LogP contribution in [0.15, 0.2) is 65.1 Å². The number of halogens is 2. The van der Waals surface area contributed by atoms with Gasteiger partial charge in [0.25, 0.3) is 0 Å². The SMILES string of the molecule is CCOC(=O)c1ccc(NCc2cc(OCC)c(OCc3cccc(Cl)c3)cc2Br)cc1. The molecular weight excluding hydrogens is 494 g/mol. The van der Waals surface area contributed by atoms with Crippen molar-refractivity contribution in [1.82, 2.24) is 0 Å². The summed E-state index contributed by atoms with van der Waals surface area (Å²) in [5, 5.41) is 4.03. The summed E-state index contributed by atoms with van der Waals surface area (Å²) in [7, 11) is 0. The van der Waals surface area contributed by atoms with Crippen molar-refractivity contribution in [3.05, 3.63) is 86.8 Å². The van der Waals surface area contributed by atoms with E-state index in [2.05, 4.69) is 21.2 Å². The molecule has 0 saturated heterocycles. The Hall–Kier alpha value is -2.70. The average molecular weight is 519 g/mol. The van der Waals surface area contributed by atoms with Crippen molar-refractivity contribution in [1.29, 1.82) is 0 Å². The van der Waals surface area contributed by atoms with E-state index < -0.39 is 0 Å². The maximum Gasteiger partial charge on any atom is 0.338 e. The van der Waals surface area contributed by atoms with E-state index in [0.717, 1.165) is 21.3 Å². The minimum atomic E-state index is -0.323. The number of nitrogens with one attached hydrogen (secondary N) is 1. The predicted octanol–water partition coefficient (Wildman–Crippen LogP) is 6.87. The molecule has 5 nitrogen and oxygen atoms in total. The molecule has 0 amide bonds. The largest absolute Gasteiger partial charge is 0.490 e. The van der Waals surface area contributed by atoms with Crippen LogP contribution in [0, 0.1) is 0 Å². The first-order chi connectivity index (χ1) is 15.5. The van der Waals surface area contributed by atoms with Crippen LogP contribution < -0.4 is 14.8 Å². The van der Waals surface area contributed by atoms with E-state index in [-0.39, 0.29) is 5.97 Å². The molecule has 0 bridgehead atoms. The highest BCUT2D eigenvalue weighted by Crippen LogP contribution is 2.35. The van der Waals surface area contributed by atoms with E-state index in [1.54, 1.807) is 19.1 Å². The van der Waals surface area contributed by atoms with Crippen LogP contribution in [0.2, 0.25) is 5.02 Å². The highest BCUT2D eigenvalue weighted by atomic mass is 79.9. The molecule has 0 aliphatic heterocycles. The Bertz CT molecular complexity index is 1060. The molecule has 0 atom stereocenters. The van der Waals surface area contributed by atoms with Crippen LogP contribution in [0.5, 0.6) is 11.5 Å². The molecule has 3 rings (SSSR count). The van der Waals surface area contributed by atoms with Crippen LogP contribution in [-0.2, 0) is 17.9 Å². The van der Waals surface area contributed by atoms with Gasteiger partial charge in [0.2, 0.25) is 0 Å². The second kappa shape index (κ2) is 11.8. The molecule has 0 radical (unpaired) electrons. The average Bonchev–Trinajstić information content (AvgIpc) is 2.79. The number of rotatable bonds is 10. The molecule has 168 valence electrons. The summed E-state index contributed by atoms with van der Waals surface area (Å²) < 4.78 is 17.7. The van der Waals surface area contributed by atoms with Gasteiger partial charge in [-0.15, -0.1) is 0 Å². The van der Waals surface area contributed by atoms with E-state index >= 15 is 0 Å². The molecule has 0 fully saturated rings. The first-order valence-electron chi connectivity index (χ1n) is 10.3. The summed E-state index contributed by atoms with van der Waals surface area (Å²) >= 11 is 9.69. The summed E-state index contributed by atoms with van der Waals surface area (Å²) in [6.45, 7) is 5.55. The third-order valence-electron chi connectivity index (χ3n) is 4.57. The van der Waals surface area contributed by atoms with Crippen LogP contribution in [-0.4, -0.2) is 19.2 Å². The number of hydrogen-bond donors (Lipinski definition) is 1.